The summed E-state index contributed by atoms with van der Waals surface area (Å²) < 4.78 is 10.6. The monoisotopic (exact) mass is 196 g/mol. The number of hydrogen-bond acceptors (Lipinski definition) is 3. The van der Waals surface area contributed by atoms with Gasteiger partial charge in [0.25, 0.3) is 0 Å². The summed E-state index contributed by atoms with van der Waals surface area (Å²) in [4.78, 5) is 11.8. The normalized spacial score (nSPS) is 40.1. The van der Waals surface area contributed by atoms with E-state index in [-0.39, 0.29) is 11.6 Å². The second-order valence-electron chi connectivity index (χ2n) is 4.40. The number of ether oxygens (including phenoxy) is 2. The van der Waals surface area contributed by atoms with Crippen LogP contribution in [0, 0.1) is 5.41 Å². The third kappa shape index (κ3) is 0.954. The lowest BCUT2D eigenvalue weighted by Gasteiger charge is -2.33. The summed E-state index contributed by atoms with van der Waals surface area (Å²) >= 11 is 0. The van der Waals surface area contributed by atoms with Crippen molar-refractivity contribution in [2.75, 3.05) is 7.11 Å². The Bertz CT molecular complexity index is 308. The van der Waals surface area contributed by atoms with Crippen molar-refractivity contribution in [3.05, 3.63) is 11.8 Å². The zero-order valence-corrected chi connectivity index (χ0v) is 8.92. The molecule has 0 spiro atoms. The van der Waals surface area contributed by atoms with E-state index in [0.29, 0.717) is 0 Å². The lowest BCUT2D eigenvalue weighted by atomic mass is 9.76. The largest absolute Gasteiger partial charge is 0.491 e. The van der Waals surface area contributed by atoms with Gasteiger partial charge in [0, 0.05) is 0 Å². The molecule has 14 heavy (non-hydrogen) atoms. The first-order valence-corrected chi connectivity index (χ1v) is 5.01. The first kappa shape index (κ1) is 9.56. The van der Waals surface area contributed by atoms with Gasteiger partial charge in [0.2, 0.25) is 0 Å². The average Bonchev–Trinajstić information content (AvgIpc) is 2.53. The van der Waals surface area contributed by atoms with Gasteiger partial charge in [-0.25, -0.2) is 0 Å². The summed E-state index contributed by atoms with van der Waals surface area (Å²) in [7, 11) is 1.44. The maximum atomic E-state index is 11.8. The third-order valence-corrected chi connectivity index (χ3v) is 3.55. The predicted molar refractivity (Wildman–Crippen MR) is 51.5 cm³/mol. The molecule has 1 heterocycles. The first-order valence-electron chi connectivity index (χ1n) is 5.01. The molecule has 1 fully saturated rings. The maximum Gasteiger partial charge on any atom is 0.319 e. The zero-order valence-electron chi connectivity index (χ0n) is 8.92. The highest BCUT2D eigenvalue weighted by Crippen LogP contribution is 2.55. The summed E-state index contributed by atoms with van der Waals surface area (Å²) in [5, 5.41) is 0. The summed E-state index contributed by atoms with van der Waals surface area (Å²) in [6.45, 7) is 3.90. The molecule has 3 nitrogen and oxygen atoms in total. The van der Waals surface area contributed by atoms with Gasteiger partial charge in [0.15, 0.2) is 0 Å². The van der Waals surface area contributed by atoms with Crippen molar-refractivity contribution in [3.63, 3.8) is 0 Å². The highest BCUT2D eigenvalue weighted by atomic mass is 16.5. The van der Waals surface area contributed by atoms with Crippen LogP contribution in [0.2, 0.25) is 0 Å². The summed E-state index contributed by atoms with van der Waals surface area (Å²) in [6, 6.07) is 0. The van der Waals surface area contributed by atoms with E-state index in [1.807, 2.05) is 19.9 Å². The zero-order chi connectivity index (χ0) is 10.4. The van der Waals surface area contributed by atoms with E-state index >= 15 is 0 Å². The van der Waals surface area contributed by atoms with Crippen LogP contribution in [0.4, 0.5) is 0 Å². The fraction of sp³-hybridized carbons (Fsp3) is 0.727. The smallest absolute Gasteiger partial charge is 0.319 e. The van der Waals surface area contributed by atoms with Crippen molar-refractivity contribution in [3.8, 4) is 0 Å². The maximum absolute atomic E-state index is 11.8. The topological polar surface area (TPSA) is 35.5 Å². The number of carbonyl (C=O) groups excluding carboxylic acids is 1. The Morgan fingerprint density at radius 1 is 1.57 bits per heavy atom. The van der Waals surface area contributed by atoms with Gasteiger partial charge >= 0.3 is 5.97 Å². The Hall–Kier alpha value is -0.990. The molecule has 2 aliphatic rings. The van der Waals surface area contributed by atoms with E-state index in [9.17, 15) is 4.79 Å². The molecule has 1 aliphatic heterocycles. The van der Waals surface area contributed by atoms with Gasteiger partial charge in [-0.3, -0.25) is 4.79 Å². The minimum Gasteiger partial charge on any atom is -0.491 e. The molecule has 0 bridgehead atoms. The van der Waals surface area contributed by atoms with Crippen LogP contribution in [0.3, 0.4) is 0 Å². The van der Waals surface area contributed by atoms with Crippen LogP contribution in [0.25, 0.3) is 0 Å². The van der Waals surface area contributed by atoms with E-state index in [0.717, 1.165) is 25.0 Å². The Morgan fingerprint density at radius 2 is 2.29 bits per heavy atom. The summed E-state index contributed by atoms with van der Waals surface area (Å²) in [5.74, 6) is 0.687. The molecule has 3 heteroatoms. The fourth-order valence-electron chi connectivity index (χ4n) is 2.85. The van der Waals surface area contributed by atoms with Crippen LogP contribution in [0.15, 0.2) is 11.8 Å². The van der Waals surface area contributed by atoms with Crippen LogP contribution < -0.4 is 0 Å². The average molecular weight is 196 g/mol. The molecule has 0 radical (unpaired) electrons. The highest BCUT2D eigenvalue weighted by Gasteiger charge is 2.61. The van der Waals surface area contributed by atoms with E-state index in [1.54, 1.807) is 0 Å². The van der Waals surface area contributed by atoms with Crippen molar-refractivity contribution in [1.82, 2.24) is 0 Å². The Morgan fingerprint density at radius 3 is 2.93 bits per heavy atom. The van der Waals surface area contributed by atoms with Crippen LogP contribution in [0.1, 0.15) is 33.1 Å². The molecule has 0 aromatic rings. The number of hydrogen-bond donors (Lipinski definition) is 0. The minimum absolute atomic E-state index is 0.158. The number of rotatable bonds is 1. The van der Waals surface area contributed by atoms with Crippen molar-refractivity contribution < 1.29 is 14.3 Å². The van der Waals surface area contributed by atoms with Gasteiger partial charge in [-0.2, -0.15) is 0 Å². The summed E-state index contributed by atoms with van der Waals surface area (Å²) in [6.07, 6.45) is 4.73. The first-order chi connectivity index (χ1) is 6.54. The van der Waals surface area contributed by atoms with Crippen molar-refractivity contribution in [2.45, 2.75) is 38.7 Å². The number of methoxy groups -OCH3 is 1. The number of fused-ring (bicyclic) bond motifs is 1. The summed E-state index contributed by atoms with van der Waals surface area (Å²) in [5.41, 5.74) is -0.893. The third-order valence-electron chi connectivity index (χ3n) is 3.55. The molecule has 2 atom stereocenters. The van der Waals surface area contributed by atoms with Crippen LogP contribution in [-0.2, 0) is 14.3 Å². The van der Waals surface area contributed by atoms with Crippen LogP contribution in [-0.4, -0.2) is 18.7 Å². The molecule has 0 unspecified atom stereocenters. The SMILES string of the molecule is COC(=O)[C@@]12C=C(C)O[C@]1(C)CCC2. The van der Waals surface area contributed by atoms with Crippen LogP contribution >= 0.6 is 0 Å². The van der Waals surface area contributed by atoms with Crippen molar-refractivity contribution in [2.24, 2.45) is 5.41 Å². The van der Waals surface area contributed by atoms with E-state index in [2.05, 4.69) is 0 Å². The molecule has 0 saturated heterocycles. The minimum atomic E-state index is -0.522. The number of allylic oxidation sites excluding steroid dienone is 1. The Labute approximate surface area is 84.1 Å². The van der Waals surface area contributed by atoms with Gasteiger partial charge in [-0.15, -0.1) is 0 Å². The molecular weight excluding hydrogens is 180 g/mol. The van der Waals surface area contributed by atoms with E-state index in [4.69, 9.17) is 9.47 Å². The van der Waals surface area contributed by atoms with Crippen molar-refractivity contribution >= 4 is 5.97 Å². The standard InChI is InChI=1S/C11H16O3/c1-8-7-11(9(12)13-3)6-4-5-10(11,2)14-8/h7H,4-6H2,1-3H3/t10-,11-/m1/s1. The quantitative estimate of drug-likeness (QED) is 0.602. The Balaban J connectivity index is 2.43. The molecule has 0 N–H and O–H groups in total. The van der Waals surface area contributed by atoms with Crippen molar-refractivity contribution in [1.29, 1.82) is 0 Å². The second-order valence-corrected chi connectivity index (χ2v) is 4.40. The van der Waals surface area contributed by atoms with Gasteiger partial charge < -0.3 is 9.47 Å². The van der Waals surface area contributed by atoms with Gasteiger partial charge in [-0.1, -0.05) is 0 Å². The lowest BCUT2D eigenvalue weighted by Crippen LogP contribution is -2.44. The second kappa shape index (κ2) is 2.75. The molecule has 1 aliphatic carbocycles. The van der Waals surface area contributed by atoms with Gasteiger partial charge in [-0.05, 0) is 39.2 Å². The number of esters is 1. The molecule has 1 saturated carbocycles. The molecule has 2 rings (SSSR count). The lowest BCUT2D eigenvalue weighted by molar-refractivity contribution is -0.158. The van der Waals surface area contributed by atoms with E-state index < -0.39 is 5.41 Å². The van der Waals surface area contributed by atoms with Gasteiger partial charge in [0.1, 0.15) is 11.0 Å². The molecule has 78 valence electrons. The van der Waals surface area contributed by atoms with Gasteiger partial charge in [0.05, 0.1) is 12.9 Å². The predicted octanol–water partition coefficient (Wildman–Crippen LogP) is 2.02. The Kier molecular flexibility index (Phi) is 1.88. The number of carbonyl (C=O) groups is 1. The van der Waals surface area contributed by atoms with E-state index in [1.165, 1.54) is 7.11 Å². The molecule has 0 aromatic heterocycles. The van der Waals surface area contributed by atoms with Crippen LogP contribution in [0.5, 0.6) is 0 Å². The molecule has 0 amide bonds. The fourth-order valence-corrected chi connectivity index (χ4v) is 2.85. The highest BCUT2D eigenvalue weighted by molar-refractivity contribution is 5.82. The molecular formula is C11H16O3. The molecule has 0 aromatic carbocycles.